The molecule has 2 heterocycles. The van der Waals surface area contributed by atoms with Gasteiger partial charge in [-0.3, -0.25) is 0 Å². The Morgan fingerprint density at radius 2 is 2.31 bits per heavy atom. The van der Waals surface area contributed by atoms with E-state index in [1.54, 1.807) is 11.3 Å². The minimum Gasteiger partial charge on any atom is -0.368 e. The molecule has 5 heteroatoms. The third-order valence-corrected chi connectivity index (χ3v) is 3.92. The second-order valence-electron chi connectivity index (χ2n) is 3.40. The Morgan fingerprint density at radius 3 is 2.85 bits per heavy atom. The molecule has 1 aromatic rings. The fraction of sp³-hybridized carbons (Fsp3) is 0.750. The van der Waals surface area contributed by atoms with E-state index in [1.807, 2.05) is 0 Å². The van der Waals surface area contributed by atoms with Crippen LogP contribution in [0.3, 0.4) is 0 Å². The van der Waals surface area contributed by atoms with Gasteiger partial charge in [0.25, 0.3) is 0 Å². The van der Waals surface area contributed by atoms with Gasteiger partial charge in [-0.2, -0.15) is 0 Å². The van der Waals surface area contributed by atoms with Crippen LogP contribution in [0.25, 0.3) is 0 Å². The summed E-state index contributed by atoms with van der Waals surface area (Å²) in [6.45, 7) is 2.94. The van der Waals surface area contributed by atoms with Crippen LogP contribution in [0.4, 0.5) is 0 Å². The maximum absolute atomic E-state index is 5.75. The monoisotopic (exact) mass is 262 g/mol. The average Bonchev–Trinajstić information content (AvgIpc) is 2.54. The zero-order valence-corrected chi connectivity index (χ0v) is 9.82. The molecule has 72 valence electrons. The Labute approximate surface area is 89.6 Å². The first kappa shape index (κ1) is 9.55. The van der Waals surface area contributed by atoms with Crippen molar-refractivity contribution in [3.05, 3.63) is 8.92 Å². The van der Waals surface area contributed by atoms with Gasteiger partial charge >= 0.3 is 0 Å². The molecule has 0 bridgehead atoms. The molecule has 1 saturated heterocycles. The van der Waals surface area contributed by atoms with Gasteiger partial charge in [-0.15, -0.1) is 10.2 Å². The van der Waals surface area contributed by atoms with Crippen LogP contribution in [0.1, 0.15) is 31.2 Å². The maximum atomic E-state index is 5.75. The minimum atomic E-state index is -0.193. The Bertz CT molecular complexity index is 296. The molecule has 0 spiro atoms. The molecule has 0 aliphatic carbocycles. The molecule has 1 aromatic heterocycles. The van der Waals surface area contributed by atoms with E-state index in [-0.39, 0.29) is 5.60 Å². The van der Waals surface area contributed by atoms with E-state index in [0.717, 1.165) is 28.4 Å². The first-order valence-electron chi connectivity index (χ1n) is 4.34. The predicted octanol–water partition coefficient (Wildman–Crippen LogP) is 2.72. The summed E-state index contributed by atoms with van der Waals surface area (Å²) in [4.78, 5) is 0. The lowest BCUT2D eigenvalue weighted by Crippen LogP contribution is -2.29. The van der Waals surface area contributed by atoms with E-state index in [1.165, 1.54) is 6.42 Å². The SMILES string of the molecule is CC1(c2nnc(Br)s2)CCCCO1. The first-order chi connectivity index (χ1) is 6.21. The summed E-state index contributed by atoms with van der Waals surface area (Å²) in [5, 5.41) is 9.04. The molecular weight excluding hydrogens is 252 g/mol. The molecule has 0 saturated carbocycles. The van der Waals surface area contributed by atoms with Crippen molar-refractivity contribution in [1.82, 2.24) is 10.2 Å². The fourth-order valence-corrected chi connectivity index (χ4v) is 2.76. The molecule has 1 unspecified atom stereocenters. The smallest absolute Gasteiger partial charge is 0.183 e. The Hall–Kier alpha value is -0.0000000000000000486. The van der Waals surface area contributed by atoms with Crippen LogP contribution in [0.2, 0.25) is 0 Å². The van der Waals surface area contributed by atoms with Gasteiger partial charge in [0, 0.05) is 6.61 Å². The Morgan fingerprint density at radius 1 is 1.46 bits per heavy atom. The molecule has 1 fully saturated rings. The number of ether oxygens (including phenoxy) is 1. The van der Waals surface area contributed by atoms with Gasteiger partial charge in [-0.1, -0.05) is 11.3 Å². The highest BCUT2D eigenvalue weighted by molar-refractivity contribution is 9.11. The topological polar surface area (TPSA) is 35.0 Å². The molecule has 13 heavy (non-hydrogen) atoms. The highest BCUT2D eigenvalue weighted by Crippen LogP contribution is 2.36. The van der Waals surface area contributed by atoms with Crippen LogP contribution in [-0.4, -0.2) is 16.8 Å². The number of halogens is 1. The van der Waals surface area contributed by atoms with E-state index >= 15 is 0 Å². The third-order valence-electron chi connectivity index (χ3n) is 2.32. The van der Waals surface area contributed by atoms with Crippen molar-refractivity contribution in [3.63, 3.8) is 0 Å². The minimum absolute atomic E-state index is 0.193. The fourth-order valence-electron chi connectivity index (χ4n) is 1.52. The van der Waals surface area contributed by atoms with Crippen molar-refractivity contribution in [1.29, 1.82) is 0 Å². The van der Waals surface area contributed by atoms with Gasteiger partial charge in [-0.05, 0) is 42.1 Å². The van der Waals surface area contributed by atoms with Crippen LogP contribution in [0.15, 0.2) is 3.92 Å². The normalized spacial score (nSPS) is 29.1. The van der Waals surface area contributed by atoms with Crippen LogP contribution < -0.4 is 0 Å². The molecule has 2 rings (SSSR count). The zero-order valence-electron chi connectivity index (χ0n) is 7.42. The van der Waals surface area contributed by atoms with E-state index in [2.05, 4.69) is 33.1 Å². The van der Waals surface area contributed by atoms with E-state index < -0.39 is 0 Å². The Balaban J connectivity index is 2.22. The zero-order chi connectivity index (χ0) is 9.31. The molecule has 1 aliphatic heterocycles. The van der Waals surface area contributed by atoms with Gasteiger partial charge in [0.2, 0.25) is 0 Å². The van der Waals surface area contributed by atoms with E-state index in [4.69, 9.17) is 4.74 Å². The molecule has 3 nitrogen and oxygen atoms in total. The van der Waals surface area contributed by atoms with E-state index in [0.29, 0.717) is 0 Å². The molecule has 1 aliphatic rings. The highest BCUT2D eigenvalue weighted by atomic mass is 79.9. The molecule has 1 atom stereocenters. The summed E-state index contributed by atoms with van der Waals surface area (Å²) in [5.74, 6) is 0. The van der Waals surface area contributed by atoms with Crippen molar-refractivity contribution >= 4 is 27.3 Å². The molecule has 0 amide bonds. The lowest BCUT2D eigenvalue weighted by atomic mass is 9.97. The number of hydrogen-bond acceptors (Lipinski definition) is 4. The first-order valence-corrected chi connectivity index (χ1v) is 5.95. The quantitative estimate of drug-likeness (QED) is 0.781. The highest BCUT2D eigenvalue weighted by Gasteiger charge is 2.33. The molecule has 0 aromatic carbocycles. The lowest BCUT2D eigenvalue weighted by molar-refractivity contribution is -0.0705. The van der Waals surface area contributed by atoms with Crippen molar-refractivity contribution in [2.24, 2.45) is 0 Å². The van der Waals surface area contributed by atoms with Crippen LogP contribution in [0, 0.1) is 0 Å². The molecule has 0 radical (unpaired) electrons. The van der Waals surface area contributed by atoms with Crippen molar-refractivity contribution in [3.8, 4) is 0 Å². The number of hydrogen-bond donors (Lipinski definition) is 0. The van der Waals surface area contributed by atoms with E-state index in [9.17, 15) is 0 Å². The number of nitrogens with zero attached hydrogens (tertiary/aromatic N) is 2. The van der Waals surface area contributed by atoms with Gasteiger partial charge in [0.15, 0.2) is 3.92 Å². The summed E-state index contributed by atoms with van der Waals surface area (Å²) < 4.78 is 6.58. The van der Waals surface area contributed by atoms with Gasteiger partial charge in [0.05, 0.1) is 0 Å². The van der Waals surface area contributed by atoms with Crippen LogP contribution >= 0.6 is 27.3 Å². The third kappa shape index (κ3) is 1.92. The maximum Gasteiger partial charge on any atom is 0.183 e. The van der Waals surface area contributed by atoms with Crippen molar-refractivity contribution in [2.75, 3.05) is 6.61 Å². The van der Waals surface area contributed by atoms with Crippen molar-refractivity contribution in [2.45, 2.75) is 31.8 Å². The van der Waals surface area contributed by atoms with Gasteiger partial charge in [0.1, 0.15) is 10.6 Å². The Kier molecular flexibility index (Phi) is 2.67. The number of aromatic nitrogens is 2. The van der Waals surface area contributed by atoms with Crippen LogP contribution in [0.5, 0.6) is 0 Å². The second kappa shape index (κ2) is 3.63. The average molecular weight is 263 g/mol. The summed E-state index contributed by atoms with van der Waals surface area (Å²) in [5.41, 5.74) is -0.193. The van der Waals surface area contributed by atoms with Gasteiger partial charge in [-0.25, -0.2) is 0 Å². The summed E-state index contributed by atoms with van der Waals surface area (Å²) in [6.07, 6.45) is 3.43. The largest absolute Gasteiger partial charge is 0.368 e. The number of rotatable bonds is 1. The lowest BCUT2D eigenvalue weighted by Gasteiger charge is -2.31. The molecular formula is C8H11BrN2OS. The molecule has 0 N–H and O–H groups in total. The standard InChI is InChI=1S/C8H11BrN2OS/c1-8(4-2-3-5-12-8)6-10-11-7(9)13-6/h2-5H2,1H3. The van der Waals surface area contributed by atoms with Gasteiger partial charge < -0.3 is 4.74 Å². The summed E-state index contributed by atoms with van der Waals surface area (Å²) in [7, 11) is 0. The van der Waals surface area contributed by atoms with Crippen molar-refractivity contribution < 1.29 is 4.74 Å². The summed E-state index contributed by atoms with van der Waals surface area (Å²) >= 11 is 4.87. The predicted molar refractivity (Wildman–Crippen MR) is 54.8 cm³/mol. The second-order valence-corrected chi connectivity index (χ2v) is 5.65. The van der Waals surface area contributed by atoms with Crippen LogP contribution in [-0.2, 0) is 10.3 Å². The summed E-state index contributed by atoms with van der Waals surface area (Å²) in [6, 6.07) is 0.